The van der Waals surface area contributed by atoms with Crippen LogP contribution in [-0.4, -0.2) is 33.2 Å². The first-order valence-corrected chi connectivity index (χ1v) is 6.26. The van der Waals surface area contributed by atoms with E-state index in [0.717, 1.165) is 18.8 Å². The van der Waals surface area contributed by atoms with Crippen molar-refractivity contribution in [2.75, 3.05) is 32.6 Å². The lowest BCUT2D eigenvalue weighted by Gasteiger charge is -2.16. The molecule has 1 aliphatic rings. The van der Waals surface area contributed by atoms with Crippen LogP contribution in [0.15, 0.2) is 24.3 Å². The van der Waals surface area contributed by atoms with Crippen LogP contribution in [0.4, 0.5) is 5.69 Å². The summed E-state index contributed by atoms with van der Waals surface area (Å²) < 4.78 is 4.71. The molecular formula is C14H20N2O2. The maximum absolute atomic E-state index is 11.4. The largest absolute Gasteiger partial charge is 0.465 e. The van der Waals surface area contributed by atoms with Gasteiger partial charge >= 0.3 is 5.97 Å². The van der Waals surface area contributed by atoms with Crippen molar-refractivity contribution in [1.29, 1.82) is 0 Å². The van der Waals surface area contributed by atoms with Gasteiger partial charge in [0.1, 0.15) is 0 Å². The van der Waals surface area contributed by atoms with Gasteiger partial charge in [-0.05, 0) is 38.1 Å². The minimum absolute atomic E-state index is 0.296. The van der Waals surface area contributed by atoms with Crippen molar-refractivity contribution >= 4 is 11.7 Å². The van der Waals surface area contributed by atoms with E-state index in [1.807, 2.05) is 25.2 Å². The predicted octanol–water partition coefficient (Wildman–Crippen LogP) is 1.88. The summed E-state index contributed by atoms with van der Waals surface area (Å²) in [6, 6.07) is 7.44. The van der Waals surface area contributed by atoms with Gasteiger partial charge in [-0.15, -0.1) is 0 Å². The van der Waals surface area contributed by atoms with E-state index in [9.17, 15) is 4.79 Å². The van der Waals surface area contributed by atoms with Gasteiger partial charge in [0.05, 0.1) is 12.7 Å². The third kappa shape index (κ3) is 3.01. The summed E-state index contributed by atoms with van der Waals surface area (Å²) >= 11 is 0. The topological polar surface area (TPSA) is 50.4 Å². The lowest BCUT2D eigenvalue weighted by molar-refractivity contribution is 0.0601. The Hall–Kier alpha value is -1.55. The minimum Gasteiger partial charge on any atom is -0.465 e. The second-order valence-electron chi connectivity index (χ2n) is 4.96. The third-order valence-corrected chi connectivity index (χ3v) is 3.46. The highest BCUT2D eigenvalue weighted by Gasteiger charge is 2.41. The molecule has 0 heterocycles. The first-order chi connectivity index (χ1) is 8.69. The number of ether oxygens (including phenoxy) is 1. The fraction of sp³-hybridized carbons (Fsp3) is 0.500. The second-order valence-corrected chi connectivity index (χ2v) is 4.96. The van der Waals surface area contributed by atoms with E-state index >= 15 is 0 Å². The molecule has 1 fully saturated rings. The molecule has 0 spiro atoms. The zero-order valence-corrected chi connectivity index (χ0v) is 11.0. The number of hydrogen-bond donors (Lipinski definition) is 2. The Balaban J connectivity index is 1.95. The fourth-order valence-electron chi connectivity index (χ4n) is 2.13. The summed E-state index contributed by atoms with van der Waals surface area (Å²) in [5, 5.41) is 6.64. The highest BCUT2D eigenvalue weighted by molar-refractivity contribution is 5.90. The van der Waals surface area contributed by atoms with Crippen molar-refractivity contribution in [3.63, 3.8) is 0 Å². The van der Waals surface area contributed by atoms with E-state index in [1.54, 1.807) is 6.07 Å². The molecule has 0 atom stereocenters. The fourth-order valence-corrected chi connectivity index (χ4v) is 2.13. The molecule has 0 amide bonds. The quantitative estimate of drug-likeness (QED) is 0.755. The monoisotopic (exact) mass is 248 g/mol. The van der Waals surface area contributed by atoms with E-state index in [0.29, 0.717) is 11.0 Å². The number of carbonyl (C=O) groups excluding carboxylic acids is 1. The molecule has 0 bridgehead atoms. The minimum atomic E-state index is -0.296. The normalized spacial score (nSPS) is 16.1. The van der Waals surface area contributed by atoms with Crippen LogP contribution in [0.5, 0.6) is 0 Å². The number of esters is 1. The molecule has 2 rings (SSSR count). The van der Waals surface area contributed by atoms with Crippen molar-refractivity contribution in [3.8, 4) is 0 Å². The average Bonchev–Trinajstić information content (AvgIpc) is 3.17. The zero-order chi connectivity index (χ0) is 13.0. The summed E-state index contributed by atoms with van der Waals surface area (Å²) in [5.74, 6) is -0.296. The van der Waals surface area contributed by atoms with Crippen molar-refractivity contribution in [2.24, 2.45) is 5.41 Å². The van der Waals surface area contributed by atoms with Crippen molar-refractivity contribution in [2.45, 2.75) is 12.8 Å². The Labute approximate surface area is 108 Å². The maximum Gasteiger partial charge on any atom is 0.337 e. The highest BCUT2D eigenvalue weighted by Crippen LogP contribution is 2.44. The van der Waals surface area contributed by atoms with Gasteiger partial charge in [-0.2, -0.15) is 0 Å². The van der Waals surface area contributed by atoms with E-state index in [1.165, 1.54) is 20.0 Å². The molecule has 1 aliphatic carbocycles. The van der Waals surface area contributed by atoms with Gasteiger partial charge in [-0.1, -0.05) is 6.07 Å². The molecule has 0 saturated heterocycles. The molecule has 0 aromatic heterocycles. The lowest BCUT2D eigenvalue weighted by Crippen LogP contribution is -2.26. The molecule has 18 heavy (non-hydrogen) atoms. The molecule has 0 unspecified atom stereocenters. The van der Waals surface area contributed by atoms with Gasteiger partial charge in [0, 0.05) is 24.2 Å². The first kappa shape index (κ1) is 12.9. The number of anilines is 1. The van der Waals surface area contributed by atoms with Crippen LogP contribution in [0.2, 0.25) is 0 Å². The van der Waals surface area contributed by atoms with Gasteiger partial charge in [-0.3, -0.25) is 0 Å². The van der Waals surface area contributed by atoms with Gasteiger partial charge in [0.25, 0.3) is 0 Å². The number of methoxy groups -OCH3 is 1. The summed E-state index contributed by atoms with van der Waals surface area (Å²) in [6.07, 6.45) is 2.52. The van der Waals surface area contributed by atoms with Crippen LogP contribution in [0.3, 0.4) is 0 Å². The number of rotatable bonds is 6. The Morgan fingerprint density at radius 3 is 2.78 bits per heavy atom. The van der Waals surface area contributed by atoms with Crippen molar-refractivity contribution < 1.29 is 9.53 Å². The number of carbonyl (C=O) groups is 1. The van der Waals surface area contributed by atoms with Crippen LogP contribution in [-0.2, 0) is 4.74 Å². The highest BCUT2D eigenvalue weighted by atomic mass is 16.5. The number of benzene rings is 1. The second kappa shape index (κ2) is 5.40. The van der Waals surface area contributed by atoms with Crippen LogP contribution < -0.4 is 10.6 Å². The molecule has 98 valence electrons. The van der Waals surface area contributed by atoms with E-state index in [2.05, 4.69) is 10.6 Å². The van der Waals surface area contributed by atoms with Crippen LogP contribution in [0, 0.1) is 5.41 Å². The van der Waals surface area contributed by atoms with Crippen LogP contribution in [0.25, 0.3) is 0 Å². The molecule has 1 aromatic rings. The number of hydrogen-bond acceptors (Lipinski definition) is 4. The molecule has 0 aliphatic heterocycles. The van der Waals surface area contributed by atoms with Gasteiger partial charge in [-0.25, -0.2) is 4.79 Å². The predicted molar refractivity (Wildman–Crippen MR) is 71.9 cm³/mol. The average molecular weight is 248 g/mol. The molecule has 1 aromatic carbocycles. The molecule has 0 radical (unpaired) electrons. The van der Waals surface area contributed by atoms with Gasteiger partial charge < -0.3 is 15.4 Å². The summed E-state index contributed by atoms with van der Waals surface area (Å²) in [6.45, 7) is 1.98. The molecular weight excluding hydrogens is 228 g/mol. The third-order valence-electron chi connectivity index (χ3n) is 3.46. The Morgan fingerprint density at radius 1 is 1.39 bits per heavy atom. The van der Waals surface area contributed by atoms with Crippen molar-refractivity contribution in [3.05, 3.63) is 29.8 Å². The molecule has 1 saturated carbocycles. The van der Waals surface area contributed by atoms with E-state index in [-0.39, 0.29) is 5.97 Å². The summed E-state index contributed by atoms with van der Waals surface area (Å²) in [7, 11) is 3.38. The first-order valence-electron chi connectivity index (χ1n) is 6.26. The lowest BCUT2D eigenvalue weighted by atomic mass is 10.1. The Morgan fingerprint density at radius 2 is 2.17 bits per heavy atom. The van der Waals surface area contributed by atoms with Gasteiger partial charge in [0.2, 0.25) is 0 Å². The van der Waals surface area contributed by atoms with Crippen LogP contribution in [0.1, 0.15) is 23.2 Å². The number of nitrogens with one attached hydrogen (secondary N) is 2. The van der Waals surface area contributed by atoms with Crippen LogP contribution >= 0.6 is 0 Å². The smallest absolute Gasteiger partial charge is 0.337 e. The summed E-state index contributed by atoms with van der Waals surface area (Å²) in [4.78, 5) is 11.4. The van der Waals surface area contributed by atoms with E-state index < -0.39 is 0 Å². The Kier molecular flexibility index (Phi) is 3.87. The SMILES string of the molecule is CNCC1(CNc2cccc(C(=O)OC)c2)CC1. The standard InChI is InChI=1S/C14H20N2O2/c1-15-9-14(6-7-14)10-16-12-5-3-4-11(8-12)13(17)18-2/h3-5,8,15-16H,6-7,9-10H2,1-2H3. The molecule has 4 nitrogen and oxygen atoms in total. The molecule has 4 heteroatoms. The van der Waals surface area contributed by atoms with Gasteiger partial charge in [0.15, 0.2) is 0 Å². The van der Waals surface area contributed by atoms with Crippen molar-refractivity contribution in [1.82, 2.24) is 5.32 Å². The van der Waals surface area contributed by atoms with E-state index in [4.69, 9.17) is 4.74 Å². The Bertz CT molecular complexity index is 428. The summed E-state index contributed by atoms with van der Waals surface area (Å²) in [5.41, 5.74) is 1.96. The zero-order valence-electron chi connectivity index (χ0n) is 11.0. The maximum atomic E-state index is 11.4. The molecule has 2 N–H and O–H groups in total.